The maximum Gasteiger partial charge on any atom is 0.170 e. The van der Waals surface area contributed by atoms with Gasteiger partial charge in [0.25, 0.3) is 0 Å². The average Bonchev–Trinajstić information content (AvgIpc) is 3.26. The van der Waals surface area contributed by atoms with Crippen LogP contribution in [-0.2, 0) is 11.2 Å². The van der Waals surface area contributed by atoms with Gasteiger partial charge in [-0.3, -0.25) is 9.69 Å². The lowest BCUT2D eigenvalue weighted by Gasteiger charge is -2.36. The summed E-state index contributed by atoms with van der Waals surface area (Å²) >= 11 is 2.50. The van der Waals surface area contributed by atoms with Gasteiger partial charge in [0.15, 0.2) is 17.1 Å². The molecule has 0 amide bonds. The van der Waals surface area contributed by atoms with Gasteiger partial charge in [-0.15, -0.1) is 0 Å². The molecule has 2 heterocycles. The molecule has 1 aliphatic heterocycles. The number of rotatable bonds is 11. The number of benzene rings is 2. The fourth-order valence-electron chi connectivity index (χ4n) is 4.67. The van der Waals surface area contributed by atoms with Crippen LogP contribution in [0.4, 0.5) is 4.39 Å². The summed E-state index contributed by atoms with van der Waals surface area (Å²) in [5.74, 6) is 1.62. The Labute approximate surface area is 219 Å². The number of likely N-dealkylation sites (tertiary alicyclic amines) is 1. The quantitative estimate of drug-likeness (QED) is 0.113. The van der Waals surface area contributed by atoms with E-state index in [-0.39, 0.29) is 11.6 Å². The third-order valence-corrected chi connectivity index (χ3v) is 7.79. The van der Waals surface area contributed by atoms with Gasteiger partial charge in [0, 0.05) is 36.8 Å². The van der Waals surface area contributed by atoms with Crippen LogP contribution in [0.1, 0.15) is 56.2 Å². The Morgan fingerprint density at radius 2 is 2.11 bits per heavy atom. The van der Waals surface area contributed by atoms with Crippen LogP contribution < -0.4 is 9.47 Å². The first kappa shape index (κ1) is 25.9. The fourth-order valence-corrected chi connectivity index (χ4v) is 5.85. The van der Waals surface area contributed by atoms with E-state index in [1.165, 1.54) is 12.1 Å². The maximum atomic E-state index is 13.5. The molecule has 1 saturated heterocycles. The second-order valence-corrected chi connectivity index (χ2v) is 10.5. The highest BCUT2D eigenvalue weighted by atomic mass is 127. The molecule has 0 spiro atoms. The highest BCUT2D eigenvalue weighted by Gasteiger charge is 2.30. The van der Waals surface area contributed by atoms with Gasteiger partial charge < -0.3 is 14.0 Å². The van der Waals surface area contributed by atoms with Gasteiger partial charge in [-0.1, -0.05) is 40.7 Å². The van der Waals surface area contributed by atoms with E-state index in [9.17, 15) is 9.18 Å². The number of halogens is 2. The minimum Gasteiger partial charge on any atom is -0.493 e. The number of hydrogen-bond acceptors (Lipinski definition) is 6. The zero-order chi connectivity index (χ0) is 24.8. The smallest absolute Gasteiger partial charge is 0.170 e. The van der Waals surface area contributed by atoms with Crippen LogP contribution in [0.3, 0.4) is 0 Å². The number of nitrogens with zero attached hydrogens (tertiary/aromatic N) is 2. The molecule has 1 fully saturated rings. The van der Waals surface area contributed by atoms with Gasteiger partial charge in [0.05, 0.1) is 23.5 Å². The first-order valence-electron chi connectivity index (χ1n) is 12.2. The van der Waals surface area contributed by atoms with Gasteiger partial charge in [0.1, 0.15) is 11.6 Å². The van der Waals surface area contributed by atoms with Crippen LogP contribution in [0.2, 0.25) is 0 Å². The van der Waals surface area contributed by atoms with Crippen LogP contribution in [0, 0.1) is 5.82 Å². The number of alkyl halides is 1. The molecule has 0 aliphatic carbocycles. The number of piperidine rings is 1. The number of ether oxygens (including phenoxy) is 2. The molecular formula is C27H32FIN2O4. The molecular weight excluding hydrogens is 562 g/mol. The summed E-state index contributed by atoms with van der Waals surface area (Å²) in [5.41, 5.74) is 2.41. The summed E-state index contributed by atoms with van der Waals surface area (Å²) in [6.07, 6.45) is 4.77. The van der Waals surface area contributed by atoms with E-state index >= 15 is 0 Å². The van der Waals surface area contributed by atoms with Crippen molar-refractivity contribution in [3.63, 3.8) is 0 Å². The molecule has 188 valence electrons. The van der Waals surface area contributed by atoms with Gasteiger partial charge in [0.2, 0.25) is 0 Å². The zero-order valence-electron chi connectivity index (χ0n) is 20.3. The van der Waals surface area contributed by atoms with E-state index in [1.807, 2.05) is 25.1 Å². The van der Waals surface area contributed by atoms with Crippen molar-refractivity contribution in [3.8, 4) is 11.5 Å². The van der Waals surface area contributed by atoms with Crippen LogP contribution in [0.5, 0.6) is 11.5 Å². The highest BCUT2D eigenvalue weighted by molar-refractivity contribution is 14.1. The Bertz CT molecular complexity index is 1150. The molecule has 0 bridgehead atoms. The van der Waals surface area contributed by atoms with E-state index in [0.29, 0.717) is 46.5 Å². The number of carbonyl (C=O) groups excluding carboxylic acids is 1. The summed E-state index contributed by atoms with van der Waals surface area (Å²) in [7, 11) is 1.62. The van der Waals surface area contributed by atoms with Crippen molar-refractivity contribution >= 4 is 39.3 Å². The lowest BCUT2D eigenvalue weighted by atomic mass is 9.91. The van der Waals surface area contributed by atoms with Crippen molar-refractivity contribution < 1.29 is 23.2 Å². The zero-order valence-corrected chi connectivity index (χ0v) is 22.4. The van der Waals surface area contributed by atoms with Crippen molar-refractivity contribution in [3.05, 3.63) is 53.5 Å². The summed E-state index contributed by atoms with van der Waals surface area (Å²) in [5, 5.41) is 5.18. The lowest BCUT2D eigenvalue weighted by molar-refractivity contribution is -0.118. The van der Waals surface area contributed by atoms with Crippen molar-refractivity contribution in [1.82, 2.24) is 10.1 Å². The van der Waals surface area contributed by atoms with Crippen LogP contribution in [0.15, 0.2) is 40.9 Å². The largest absolute Gasteiger partial charge is 0.493 e. The van der Waals surface area contributed by atoms with Gasteiger partial charge in [-0.2, -0.15) is 0 Å². The molecule has 2 aromatic carbocycles. The van der Waals surface area contributed by atoms with Crippen LogP contribution in [0.25, 0.3) is 11.0 Å². The molecule has 3 aromatic rings. The molecule has 1 aliphatic rings. The molecule has 0 N–H and O–H groups in total. The van der Waals surface area contributed by atoms with Crippen molar-refractivity contribution in [2.75, 3.05) is 26.8 Å². The minimum atomic E-state index is -0.306. The predicted octanol–water partition coefficient (Wildman–Crippen LogP) is 6.30. The summed E-state index contributed by atoms with van der Waals surface area (Å²) < 4.78 is 30.7. The second kappa shape index (κ2) is 12.2. The number of aromatic nitrogens is 1. The Hall–Kier alpha value is -2.20. The van der Waals surface area contributed by atoms with Crippen molar-refractivity contribution in [1.29, 1.82) is 0 Å². The third-order valence-electron chi connectivity index (χ3n) is 6.49. The molecule has 6 nitrogen and oxygen atoms in total. The second-order valence-electron chi connectivity index (χ2n) is 9.05. The Kier molecular flexibility index (Phi) is 8.99. The molecule has 8 heteroatoms. The third kappa shape index (κ3) is 6.52. The monoisotopic (exact) mass is 594 g/mol. The number of Topliss-reactive ketones (excluding diaryl/α,β-unsaturated/α-hetero) is 1. The molecule has 4 rings (SSSR count). The number of methoxy groups -OCH3 is 1. The van der Waals surface area contributed by atoms with Gasteiger partial charge in [-0.05, 0) is 62.1 Å². The summed E-state index contributed by atoms with van der Waals surface area (Å²) in [6.45, 7) is 4.52. The lowest BCUT2D eigenvalue weighted by Crippen LogP contribution is -2.39. The van der Waals surface area contributed by atoms with Crippen molar-refractivity contribution in [2.24, 2.45) is 0 Å². The Morgan fingerprint density at radius 1 is 1.26 bits per heavy atom. The molecule has 0 radical (unpaired) electrons. The van der Waals surface area contributed by atoms with E-state index in [1.54, 1.807) is 13.2 Å². The predicted molar refractivity (Wildman–Crippen MR) is 142 cm³/mol. The standard InChI is InChI=1S/C27H32FIN2O4/c1-3-5-21(32)14-18-6-9-23(25(15-18)33-2)34-13-4-11-31-12-10-19(16-26(31)29)27-22-8-7-20(28)17-24(22)35-30-27/h6-9,15,17,19,26H,3-5,10-14,16H2,1-2H3. The first-order valence-corrected chi connectivity index (χ1v) is 13.5. The number of hydrogen-bond donors (Lipinski definition) is 0. The van der Waals surface area contributed by atoms with E-state index in [0.717, 1.165) is 55.4 Å². The molecule has 2 atom stereocenters. The topological polar surface area (TPSA) is 64.8 Å². The minimum absolute atomic E-state index is 0.242. The Balaban J connectivity index is 1.25. The fraction of sp³-hybridized carbons (Fsp3) is 0.481. The summed E-state index contributed by atoms with van der Waals surface area (Å²) in [6, 6.07) is 10.4. The average molecular weight is 594 g/mol. The SMILES string of the molecule is CCCC(=O)Cc1ccc(OCCCN2CCC(c3noc4cc(F)ccc34)CC2I)c(OC)c1. The maximum absolute atomic E-state index is 13.5. The van der Waals surface area contributed by atoms with Crippen LogP contribution in [-0.4, -0.2) is 46.7 Å². The number of fused-ring (bicyclic) bond motifs is 1. The first-order chi connectivity index (χ1) is 17.0. The molecule has 1 aromatic heterocycles. The molecule has 0 saturated carbocycles. The van der Waals surface area contributed by atoms with Gasteiger partial charge in [-0.25, -0.2) is 4.39 Å². The number of carbonyl (C=O) groups is 1. The summed E-state index contributed by atoms with van der Waals surface area (Å²) in [4.78, 5) is 14.4. The normalized spacial score (nSPS) is 18.6. The van der Waals surface area contributed by atoms with E-state index in [4.69, 9.17) is 14.0 Å². The van der Waals surface area contributed by atoms with Gasteiger partial charge >= 0.3 is 0 Å². The molecule has 2 unspecified atom stereocenters. The Morgan fingerprint density at radius 3 is 2.89 bits per heavy atom. The highest BCUT2D eigenvalue weighted by Crippen LogP contribution is 2.37. The van der Waals surface area contributed by atoms with Crippen molar-refractivity contribution in [2.45, 2.75) is 55.4 Å². The molecule has 35 heavy (non-hydrogen) atoms. The van der Waals surface area contributed by atoms with E-state index < -0.39 is 0 Å². The van der Waals surface area contributed by atoms with Crippen LogP contribution >= 0.6 is 22.6 Å². The number of ketones is 1. The van der Waals surface area contributed by atoms with E-state index in [2.05, 4.69) is 32.6 Å².